The van der Waals surface area contributed by atoms with Crippen LogP contribution >= 0.6 is 12.2 Å². The van der Waals surface area contributed by atoms with Crippen molar-refractivity contribution in [3.63, 3.8) is 0 Å². The zero-order valence-electron chi connectivity index (χ0n) is 10.7. The number of carbonyl (C=O) groups is 1. The molecule has 96 valence electrons. The Morgan fingerprint density at radius 3 is 2.67 bits per heavy atom. The highest BCUT2D eigenvalue weighted by Crippen LogP contribution is 2.18. The average molecular weight is 262 g/mol. The molecule has 0 aliphatic carbocycles. The van der Waals surface area contributed by atoms with E-state index < -0.39 is 0 Å². The lowest BCUT2D eigenvalue weighted by molar-refractivity contribution is -0.128. The maximum atomic E-state index is 12.3. The van der Waals surface area contributed by atoms with Crippen LogP contribution in [0.15, 0.2) is 30.3 Å². The third-order valence-corrected chi connectivity index (χ3v) is 3.79. The number of nitrogens with one attached hydrogen (secondary N) is 1. The minimum absolute atomic E-state index is 0.0956. The van der Waals surface area contributed by atoms with E-state index in [2.05, 4.69) is 19.2 Å². The van der Waals surface area contributed by atoms with Gasteiger partial charge in [-0.15, -0.1) is 0 Å². The molecule has 0 unspecified atom stereocenters. The molecule has 1 heterocycles. The van der Waals surface area contributed by atoms with Crippen LogP contribution in [0.3, 0.4) is 0 Å². The fourth-order valence-electron chi connectivity index (χ4n) is 2.08. The Bertz CT molecular complexity index is 446. The molecule has 1 aliphatic heterocycles. The van der Waals surface area contributed by atoms with Gasteiger partial charge in [-0.25, -0.2) is 0 Å². The summed E-state index contributed by atoms with van der Waals surface area (Å²) in [5.41, 5.74) is 1.10. The van der Waals surface area contributed by atoms with E-state index in [-0.39, 0.29) is 11.9 Å². The van der Waals surface area contributed by atoms with Gasteiger partial charge in [-0.05, 0) is 23.7 Å². The molecule has 0 radical (unpaired) electrons. The maximum absolute atomic E-state index is 12.3. The Labute approximate surface area is 113 Å². The SMILES string of the molecule is CC[C@@H](C)[C@@H]1NC(=S)N(Cc2ccccc2)C1=O. The highest BCUT2D eigenvalue weighted by atomic mass is 32.1. The monoisotopic (exact) mass is 262 g/mol. The first-order valence-corrected chi connectivity index (χ1v) is 6.70. The Morgan fingerprint density at radius 1 is 1.39 bits per heavy atom. The lowest BCUT2D eigenvalue weighted by Gasteiger charge is -2.16. The van der Waals surface area contributed by atoms with Gasteiger partial charge in [0, 0.05) is 0 Å². The van der Waals surface area contributed by atoms with Crippen molar-refractivity contribution >= 4 is 23.2 Å². The maximum Gasteiger partial charge on any atom is 0.251 e. The zero-order chi connectivity index (χ0) is 13.1. The van der Waals surface area contributed by atoms with Crippen molar-refractivity contribution in [2.24, 2.45) is 5.92 Å². The van der Waals surface area contributed by atoms with Crippen molar-refractivity contribution in [2.75, 3.05) is 0 Å². The summed E-state index contributed by atoms with van der Waals surface area (Å²) in [4.78, 5) is 14.0. The number of carbonyl (C=O) groups excluding carboxylic acids is 1. The summed E-state index contributed by atoms with van der Waals surface area (Å²) < 4.78 is 0. The summed E-state index contributed by atoms with van der Waals surface area (Å²) in [5, 5.41) is 3.68. The van der Waals surface area contributed by atoms with Crippen LogP contribution in [0.4, 0.5) is 0 Å². The van der Waals surface area contributed by atoms with E-state index in [1.807, 2.05) is 30.3 Å². The fraction of sp³-hybridized carbons (Fsp3) is 0.429. The van der Waals surface area contributed by atoms with Gasteiger partial charge in [-0.3, -0.25) is 9.69 Å². The molecule has 0 bridgehead atoms. The second-order valence-electron chi connectivity index (χ2n) is 4.72. The third kappa shape index (κ3) is 2.53. The van der Waals surface area contributed by atoms with E-state index in [9.17, 15) is 4.79 Å². The van der Waals surface area contributed by atoms with Crippen LogP contribution in [0.25, 0.3) is 0 Å². The highest BCUT2D eigenvalue weighted by molar-refractivity contribution is 7.80. The number of nitrogens with zero attached hydrogens (tertiary/aromatic N) is 1. The molecule has 1 fully saturated rings. The van der Waals surface area contributed by atoms with Crippen molar-refractivity contribution < 1.29 is 4.79 Å². The summed E-state index contributed by atoms with van der Waals surface area (Å²) >= 11 is 5.25. The summed E-state index contributed by atoms with van der Waals surface area (Å²) in [6.45, 7) is 4.71. The number of thiocarbonyl (C=S) groups is 1. The molecule has 18 heavy (non-hydrogen) atoms. The molecule has 4 heteroatoms. The molecule has 2 atom stereocenters. The van der Waals surface area contributed by atoms with E-state index in [0.29, 0.717) is 17.6 Å². The number of benzene rings is 1. The molecule has 1 aromatic carbocycles. The highest BCUT2D eigenvalue weighted by Gasteiger charge is 2.37. The summed E-state index contributed by atoms with van der Waals surface area (Å²) in [6.07, 6.45) is 0.963. The number of rotatable bonds is 4. The number of amides is 1. The van der Waals surface area contributed by atoms with Gasteiger partial charge >= 0.3 is 0 Å². The largest absolute Gasteiger partial charge is 0.350 e. The van der Waals surface area contributed by atoms with E-state index in [1.54, 1.807) is 4.90 Å². The van der Waals surface area contributed by atoms with Crippen LogP contribution in [0.5, 0.6) is 0 Å². The van der Waals surface area contributed by atoms with Crippen LogP contribution < -0.4 is 5.32 Å². The Kier molecular flexibility index (Phi) is 3.97. The molecule has 1 N–H and O–H groups in total. The van der Waals surface area contributed by atoms with Gasteiger partial charge in [0.25, 0.3) is 5.91 Å². The number of hydrogen-bond donors (Lipinski definition) is 1. The minimum atomic E-state index is -0.161. The Balaban J connectivity index is 2.10. The Hall–Kier alpha value is -1.42. The lowest BCUT2D eigenvalue weighted by Crippen LogP contribution is -2.35. The molecule has 1 saturated heterocycles. The van der Waals surface area contributed by atoms with Gasteiger partial charge in [0.15, 0.2) is 5.11 Å². The summed E-state index contributed by atoms with van der Waals surface area (Å²) in [7, 11) is 0. The topological polar surface area (TPSA) is 32.3 Å². The summed E-state index contributed by atoms with van der Waals surface area (Å²) in [5.74, 6) is 0.398. The standard InChI is InChI=1S/C14H18N2OS/c1-3-10(2)12-13(17)16(14(18)15-12)9-11-7-5-4-6-8-11/h4-8,10,12H,3,9H2,1-2H3,(H,15,18)/t10-,12+/m1/s1. The molecule has 0 spiro atoms. The minimum Gasteiger partial charge on any atom is -0.350 e. The molecular formula is C14H18N2OS. The summed E-state index contributed by atoms with van der Waals surface area (Å²) in [6, 6.07) is 9.76. The van der Waals surface area contributed by atoms with Crippen molar-refractivity contribution in [3.05, 3.63) is 35.9 Å². The van der Waals surface area contributed by atoms with Crippen LogP contribution in [-0.4, -0.2) is 22.0 Å². The first kappa shape index (κ1) is 13.0. The van der Waals surface area contributed by atoms with Gasteiger partial charge in [-0.2, -0.15) is 0 Å². The quantitative estimate of drug-likeness (QED) is 0.845. The number of hydrogen-bond acceptors (Lipinski definition) is 2. The van der Waals surface area contributed by atoms with Crippen LogP contribution in [0.1, 0.15) is 25.8 Å². The molecule has 0 aromatic heterocycles. The molecule has 1 amide bonds. The normalized spacial score (nSPS) is 21.0. The van der Waals surface area contributed by atoms with Gasteiger partial charge in [-0.1, -0.05) is 50.6 Å². The molecule has 3 nitrogen and oxygen atoms in total. The predicted molar refractivity (Wildman–Crippen MR) is 76.0 cm³/mol. The first-order valence-electron chi connectivity index (χ1n) is 6.29. The van der Waals surface area contributed by atoms with Crippen molar-refractivity contribution in [2.45, 2.75) is 32.9 Å². The lowest BCUT2D eigenvalue weighted by atomic mass is 9.99. The zero-order valence-corrected chi connectivity index (χ0v) is 11.5. The second kappa shape index (κ2) is 5.48. The molecular weight excluding hydrogens is 244 g/mol. The second-order valence-corrected chi connectivity index (χ2v) is 5.11. The molecule has 1 aliphatic rings. The van der Waals surface area contributed by atoms with Crippen molar-refractivity contribution in [3.8, 4) is 0 Å². The molecule has 1 aromatic rings. The van der Waals surface area contributed by atoms with E-state index in [0.717, 1.165) is 12.0 Å². The van der Waals surface area contributed by atoms with Gasteiger partial charge in [0.1, 0.15) is 6.04 Å². The molecule has 2 rings (SSSR count). The fourth-order valence-corrected chi connectivity index (χ4v) is 2.36. The van der Waals surface area contributed by atoms with Crippen LogP contribution in [0, 0.1) is 5.92 Å². The average Bonchev–Trinajstić information content (AvgIpc) is 2.67. The smallest absolute Gasteiger partial charge is 0.251 e. The first-order chi connectivity index (χ1) is 8.63. The predicted octanol–water partition coefficient (Wildman–Crippen LogP) is 2.32. The van der Waals surface area contributed by atoms with Crippen LogP contribution in [-0.2, 0) is 11.3 Å². The van der Waals surface area contributed by atoms with Crippen LogP contribution in [0.2, 0.25) is 0 Å². The van der Waals surface area contributed by atoms with E-state index in [1.165, 1.54) is 0 Å². The Morgan fingerprint density at radius 2 is 2.06 bits per heavy atom. The van der Waals surface area contributed by atoms with Gasteiger partial charge in [0.2, 0.25) is 0 Å². The van der Waals surface area contributed by atoms with Gasteiger partial charge in [0.05, 0.1) is 6.54 Å². The van der Waals surface area contributed by atoms with E-state index >= 15 is 0 Å². The van der Waals surface area contributed by atoms with E-state index in [4.69, 9.17) is 12.2 Å². The van der Waals surface area contributed by atoms with Gasteiger partial charge < -0.3 is 5.32 Å². The van der Waals surface area contributed by atoms with Crippen molar-refractivity contribution in [1.82, 2.24) is 10.2 Å². The molecule has 0 saturated carbocycles. The third-order valence-electron chi connectivity index (χ3n) is 3.45. The van der Waals surface area contributed by atoms with Crippen molar-refractivity contribution in [1.29, 1.82) is 0 Å².